The number of nitrogens with zero attached hydrogens (tertiary/aromatic N) is 1. The number of benzene rings is 2. The van der Waals surface area contributed by atoms with Crippen molar-refractivity contribution in [1.29, 1.82) is 0 Å². The molecular formula is C22H22N2O2. The van der Waals surface area contributed by atoms with Gasteiger partial charge in [-0.05, 0) is 31.1 Å². The number of rotatable bonds is 4. The maximum atomic E-state index is 12.8. The summed E-state index contributed by atoms with van der Waals surface area (Å²) >= 11 is 0. The maximum absolute atomic E-state index is 12.8. The van der Waals surface area contributed by atoms with Crippen LogP contribution >= 0.6 is 0 Å². The van der Waals surface area contributed by atoms with E-state index in [-0.39, 0.29) is 11.8 Å². The maximum Gasteiger partial charge on any atom is 0.321 e. The van der Waals surface area contributed by atoms with Gasteiger partial charge in [-0.1, -0.05) is 65.7 Å². The third kappa shape index (κ3) is 3.91. The van der Waals surface area contributed by atoms with E-state index in [1.165, 1.54) is 10.5 Å². The average Bonchev–Trinajstić information content (AvgIpc) is 2.63. The van der Waals surface area contributed by atoms with Crippen molar-refractivity contribution in [3.05, 3.63) is 88.6 Å². The van der Waals surface area contributed by atoms with E-state index in [1.807, 2.05) is 62.4 Å². The van der Waals surface area contributed by atoms with Gasteiger partial charge in [0.05, 0.1) is 6.04 Å². The van der Waals surface area contributed by atoms with Crippen molar-refractivity contribution < 1.29 is 9.59 Å². The minimum atomic E-state index is -0.450. The first kappa shape index (κ1) is 17.7. The minimum absolute atomic E-state index is 0.122. The second-order valence-corrected chi connectivity index (χ2v) is 6.60. The second-order valence-electron chi connectivity index (χ2n) is 6.60. The highest BCUT2D eigenvalue weighted by Crippen LogP contribution is 2.27. The highest BCUT2D eigenvalue weighted by atomic mass is 16.2. The van der Waals surface area contributed by atoms with Crippen LogP contribution in [0.3, 0.4) is 0 Å². The Bertz CT molecular complexity index is 877. The molecule has 2 aromatic rings. The third-order valence-corrected chi connectivity index (χ3v) is 4.43. The van der Waals surface area contributed by atoms with E-state index in [9.17, 15) is 9.59 Å². The number of allylic oxidation sites excluding steroid dienone is 1. The summed E-state index contributed by atoms with van der Waals surface area (Å²) in [6, 6.07) is 15.1. The van der Waals surface area contributed by atoms with Gasteiger partial charge in [0.1, 0.15) is 0 Å². The van der Waals surface area contributed by atoms with Crippen molar-refractivity contribution in [3.63, 3.8) is 0 Å². The summed E-state index contributed by atoms with van der Waals surface area (Å²) in [6.45, 7) is 4.03. The Morgan fingerprint density at radius 2 is 1.58 bits per heavy atom. The van der Waals surface area contributed by atoms with Crippen LogP contribution < -0.4 is 5.32 Å². The molecule has 4 nitrogen and oxygen atoms in total. The number of carbonyl (C=O) groups is 2. The molecule has 0 aliphatic carbocycles. The molecule has 1 unspecified atom stereocenters. The van der Waals surface area contributed by atoms with Crippen molar-refractivity contribution in [2.24, 2.45) is 0 Å². The summed E-state index contributed by atoms with van der Waals surface area (Å²) in [5.41, 5.74) is 4.70. The van der Waals surface area contributed by atoms with Gasteiger partial charge in [-0.25, -0.2) is 4.79 Å². The summed E-state index contributed by atoms with van der Waals surface area (Å²) in [6.07, 6.45) is 4.97. The highest BCUT2D eigenvalue weighted by Gasteiger charge is 2.29. The zero-order valence-corrected chi connectivity index (χ0v) is 15.2. The fourth-order valence-electron chi connectivity index (χ4n) is 2.82. The summed E-state index contributed by atoms with van der Waals surface area (Å²) in [4.78, 5) is 26.3. The molecule has 2 aromatic carbocycles. The van der Waals surface area contributed by atoms with Crippen molar-refractivity contribution in [1.82, 2.24) is 10.2 Å². The third-order valence-electron chi connectivity index (χ3n) is 4.43. The first-order valence-corrected chi connectivity index (χ1v) is 8.55. The Kier molecular flexibility index (Phi) is 5.03. The van der Waals surface area contributed by atoms with E-state index >= 15 is 0 Å². The number of hydrogen-bond donors (Lipinski definition) is 1. The lowest BCUT2D eigenvalue weighted by Gasteiger charge is -2.29. The number of hydrogen-bond acceptors (Lipinski definition) is 2. The van der Waals surface area contributed by atoms with Gasteiger partial charge < -0.3 is 10.2 Å². The van der Waals surface area contributed by atoms with Crippen LogP contribution in [0.5, 0.6) is 0 Å². The number of amides is 2. The van der Waals surface area contributed by atoms with Gasteiger partial charge in [-0.3, -0.25) is 4.79 Å². The van der Waals surface area contributed by atoms with Crippen LogP contribution in [0, 0.1) is 13.8 Å². The Morgan fingerprint density at radius 1 is 1.00 bits per heavy atom. The monoisotopic (exact) mass is 346 g/mol. The molecule has 3 rings (SSSR count). The summed E-state index contributed by atoms with van der Waals surface area (Å²) in [7, 11) is 1.64. The van der Waals surface area contributed by atoms with Gasteiger partial charge >= 0.3 is 6.03 Å². The molecule has 26 heavy (non-hydrogen) atoms. The number of nitrogens with one attached hydrogen (secondary N) is 1. The molecule has 4 heteroatoms. The summed E-state index contributed by atoms with van der Waals surface area (Å²) in [5, 5.41) is 2.90. The molecule has 0 spiro atoms. The van der Waals surface area contributed by atoms with Crippen molar-refractivity contribution in [2.75, 3.05) is 7.05 Å². The summed E-state index contributed by atoms with van der Waals surface area (Å²) < 4.78 is 0. The van der Waals surface area contributed by atoms with Crippen LogP contribution in [0.2, 0.25) is 0 Å². The number of aryl methyl sites for hydroxylation is 2. The van der Waals surface area contributed by atoms with Gasteiger partial charge in [0.25, 0.3) is 0 Å². The lowest BCUT2D eigenvalue weighted by atomic mass is 9.93. The molecule has 0 fully saturated rings. The fourth-order valence-corrected chi connectivity index (χ4v) is 2.82. The second kappa shape index (κ2) is 7.40. The normalized spacial score (nSPS) is 17.2. The smallest absolute Gasteiger partial charge is 0.321 e. The highest BCUT2D eigenvalue weighted by molar-refractivity contribution is 6.08. The Morgan fingerprint density at radius 3 is 2.19 bits per heavy atom. The summed E-state index contributed by atoms with van der Waals surface area (Å²) in [5.74, 6) is -0.122. The molecular weight excluding hydrogens is 324 g/mol. The van der Waals surface area contributed by atoms with E-state index in [4.69, 9.17) is 0 Å². The molecule has 1 heterocycles. The predicted octanol–water partition coefficient (Wildman–Crippen LogP) is 4.17. The van der Waals surface area contributed by atoms with Crippen molar-refractivity contribution in [3.8, 4) is 0 Å². The van der Waals surface area contributed by atoms with Gasteiger partial charge in [-0.2, -0.15) is 0 Å². The fraction of sp³-hybridized carbons (Fsp3) is 0.182. The minimum Gasteiger partial charge on any atom is -0.327 e. The lowest BCUT2D eigenvalue weighted by Crippen LogP contribution is -2.43. The zero-order valence-electron chi connectivity index (χ0n) is 15.2. The Labute approximate surface area is 153 Å². The molecule has 1 atom stereocenters. The van der Waals surface area contributed by atoms with Crippen LogP contribution in [0.4, 0.5) is 4.79 Å². The first-order chi connectivity index (χ1) is 12.4. The van der Waals surface area contributed by atoms with E-state index in [0.717, 1.165) is 16.7 Å². The molecule has 0 saturated heterocycles. The van der Waals surface area contributed by atoms with Crippen LogP contribution in [0.25, 0.3) is 6.08 Å². The molecule has 2 amide bonds. The Balaban J connectivity index is 1.89. The van der Waals surface area contributed by atoms with Gasteiger partial charge in [-0.15, -0.1) is 0 Å². The van der Waals surface area contributed by atoms with E-state index < -0.39 is 6.04 Å². The average molecular weight is 346 g/mol. The van der Waals surface area contributed by atoms with E-state index in [1.54, 1.807) is 25.4 Å². The quantitative estimate of drug-likeness (QED) is 0.845. The molecule has 1 N–H and O–H groups in total. The largest absolute Gasteiger partial charge is 0.327 e. The van der Waals surface area contributed by atoms with Gasteiger partial charge in [0.2, 0.25) is 0 Å². The van der Waals surface area contributed by atoms with Crippen LogP contribution in [-0.4, -0.2) is 23.8 Å². The SMILES string of the molecule is Cc1ccc(C=CC(=O)C2=CN(C)C(=O)NC2c2ccc(C)cc2)cc1. The van der Waals surface area contributed by atoms with Crippen molar-refractivity contribution in [2.45, 2.75) is 19.9 Å². The topological polar surface area (TPSA) is 49.4 Å². The number of carbonyl (C=O) groups excluding carboxylic acids is 2. The van der Waals surface area contributed by atoms with E-state index in [0.29, 0.717) is 5.57 Å². The zero-order chi connectivity index (χ0) is 18.7. The number of urea groups is 1. The molecule has 0 saturated carbocycles. The van der Waals surface area contributed by atoms with Gasteiger partial charge in [0, 0.05) is 18.8 Å². The first-order valence-electron chi connectivity index (χ1n) is 8.55. The Hall–Kier alpha value is -3.14. The predicted molar refractivity (Wildman–Crippen MR) is 104 cm³/mol. The van der Waals surface area contributed by atoms with Crippen LogP contribution in [-0.2, 0) is 4.79 Å². The van der Waals surface area contributed by atoms with Gasteiger partial charge in [0.15, 0.2) is 5.78 Å². The van der Waals surface area contributed by atoms with E-state index in [2.05, 4.69) is 5.32 Å². The number of ketones is 1. The molecule has 1 aliphatic heterocycles. The molecule has 0 bridgehead atoms. The van der Waals surface area contributed by atoms with Crippen LogP contribution in [0.15, 0.2) is 66.4 Å². The van der Waals surface area contributed by atoms with Crippen LogP contribution in [0.1, 0.15) is 28.3 Å². The molecule has 0 radical (unpaired) electrons. The van der Waals surface area contributed by atoms with Crippen molar-refractivity contribution >= 4 is 17.9 Å². The molecule has 1 aliphatic rings. The molecule has 0 aromatic heterocycles. The lowest BCUT2D eigenvalue weighted by molar-refractivity contribution is -0.111. The molecule has 132 valence electrons. The standard InChI is InChI=1S/C22H22N2O2/c1-15-4-8-17(9-5-15)10-13-20(25)19-14-24(3)22(26)23-21(19)18-11-6-16(2)7-12-18/h4-14,21H,1-3H3,(H,23,26).